The van der Waals surface area contributed by atoms with E-state index in [1.165, 1.54) is 89.9 Å². The van der Waals surface area contributed by atoms with Gasteiger partial charge >= 0.3 is 59.1 Å². The standard InChI is InChI=1S/2C16H32O5S.2Na/c2*1-3-4-5-6-7-8-9-10-11-12-13-14-16(2,15(17)18)22(19,20)21;;/h2*3-14H2,1-2H3,(H,17,18)(H,19,20,21);;/q;;2*+1/p-2. The van der Waals surface area contributed by atoms with Gasteiger partial charge in [-0.3, -0.25) is 9.11 Å². The van der Waals surface area contributed by atoms with Gasteiger partial charge in [0.1, 0.15) is 9.49 Å². The monoisotopic (exact) mass is 716 g/mol. The zero-order valence-electron chi connectivity index (χ0n) is 29.9. The average Bonchev–Trinajstić information content (AvgIpc) is 2.93. The Labute approximate surface area is 325 Å². The third-order valence-electron chi connectivity index (χ3n) is 8.52. The first kappa shape index (κ1) is 53.6. The fourth-order valence-electron chi connectivity index (χ4n) is 4.93. The fraction of sp³-hybridized carbons (Fsp3) is 0.938. The molecule has 0 aromatic heterocycles. The topological polar surface area (TPSA) is 189 Å². The number of rotatable bonds is 28. The predicted molar refractivity (Wildman–Crippen MR) is 172 cm³/mol. The van der Waals surface area contributed by atoms with Crippen LogP contribution in [0.1, 0.15) is 182 Å². The van der Waals surface area contributed by atoms with Crippen LogP contribution < -0.4 is 69.3 Å². The fourth-order valence-corrected chi connectivity index (χ4v) is 6.15. The predicted octanol–water partition coefficient (Wildman–Crippen LogP) is 0.176. The summed E-state index contributed by atoms with van der Waals surface area (Å²) in [6.07, 6.45) is 24.0. The third kappa shape index (κ3) is 24.8. The van der Waals surface area contributed by atoms with Crippen LogP contribution in [0, 0.1) is 0 Å². The van der Waals surface area contributed by atoms with Crippen molar-refractivity contribution in [2.75, 3.05) is 0 Å². The van der Waals surface area contributed by atoms with Gasteiger partial charge in [-0.15, -0.1) is 0 Å². The summed E-state index contributed by atoms with van der Waals surface area (Å²) < 4.78 is 58.2. The summed E-state index contributed by atoms with van der Waals surface area (Å²) in [6.45, 7) is 6.42. The molecule has 0 aromatic rings. The van der Waals surface area contributed by atoms with Crippen LogP contribution in [-0.4, -0.2) is 47.4 Å². The summed E-state index contributed by atoms with van der Waals surface area (Å²) in [5.74, 6) is -3.47. The van der Waals surface area contributed by atoms with E-state index in [0.29, 0.717) is 12.8 Å². The minimum atomic E-state index is -4.64. The van der Waals surface area contributed by atoms with Gasteiger partial charge < -0.3 is 19.8 Å². The van der Waals surface area contributed by atoms with Gasteiger partial charge in [-0.25, -0.2) is 0 Å². The summed E-state index contributed by atoms with van der Waals surface area (Å²) in [5.41, 5.74) is 0. The van der Waals surface area contributed by atoms with Gasteiger partial charge in [-0.2, -0.15) is 16.8 Å². The third-order valence-corrected chi connectivity index (χ3v) is 11.5. The molecule has 0 radical (unpaired) electrons. The average molecular weight is 717 g/mol. The van der Waals surface area contributed by atoms with Gasteiger partial charge in [-0.1, -0.05) is 155 Å². The van der Waals surface area contributed by atoms with Crippen molar-refractivity contribution in [2.24, 2.45) is 0 Å². The Balaban J connectivity index is -0.000000367. The van der Waals surface area contributed by atoms with Crippen molar-refractivity contribution in [2.45, 2.75) is 191 Å². The normalized spacial score (nSPS) is 14.0. The van der Waals surface area contributed by atoms with E-state index in [1.54, 1.807) is 0 Å². The van der Waals surface area contributed by atoms with Crippen LogP contribution >= 0.6 is 0 Å². The number of carboxylic acid groups (broad SMARTS) is 2. The van der Waals surface area contributed by atoms with E-state index in [2.05, 4.69) is 13.8 Å². The molecule has 0 saturated heterocycles. The summed E-state index contributed by atoms with van der Waals surface area (Å²) in [4.78, 5) is 21.9. The molecule has 0 aromatic carbocycles. The molecule has 0 aliphatic rings. The quantitative estimate of drug-likeness (QED) is 0.0642. The molecule has 0 aliphatic heterocycles. The molecule has 46 heavy (non-hydrogen) atoms. The van der Waals surface area contributed by atoms with E-state index in [9.17, 15) is 36.6 Å². The molecule has 0 bridgehead atoms. The Kier molecular flexibility index (Phi) is 35.6. The second-order valence-corrected chi connectivity index (χ2v) is 16.3. The number of unbranched alkanes of at least 4 members (excludes halogenated alkanes) is 20. The van der Waals surface area contributed by atoms with Gasteiger partial charge in [0.25, 0.3) is 20.2 Å². The number of carbonyl (C=O) groups is 2. The molecule has 14 heteroatoms. The maximum absolute atomic E-state index is 11.1. The van der Waals surface area contributed by atoms with Gasteiger partial charge in [0.15, 0.2) is 0 Å². The number of carbonyl (C=O) groups excluding carboxylic acids is 2. The zero-order chi connectivity index (χ0) is 34.1. The van der Waals surface area contributed by atoms with Gasteiger partial charge in [-0.05, 0) is 26.7 Å². The molecule has 0 heterocycles. The molecule has 2 unspecified atom stereocenters. The molecule has 0 spiro atoms. The van der Waals surface area contributed by atoms with Crippen molar-refractivity contribution >= 4 is 32.2 Å². The van der Waals surface area contributed by atoms with Crippen LogP contribution in [0.15, 0.2) is 0 Å². The number of hydrogen-bond donors (Lipinski definition) is 2. The van der Waals surface area contributed by atoms with Crippen LogP contribution in [-0.2, 0) is 29.8 Å². The van der Waals surface area contributed by atoms with E-state index in [1.807, 2.05) is 0 Å². The first-order chi connectivity index (χ1) is 20.5. The Bertz CT molecular complexity index is 899. The zero-order valence-corrected chi connectivity index (χ0v) is 35.6. The Morgan fingerprint density at radius 2 is 0.630 bits per heavy atom. The number of hydrogen-bond acceptors (Lipinski definition) is 8. The summed E-state index contributed by atoms with van der Waals surface area (Å²) in [7, 11) is -9.28. The minimum absolute atomic E-state index is 0. The van der Waals surface area contributed by atoms with Crippen molar-refractivity contribution in [1.29, 1.82) is 0 Å². The minimum Gasteiger partial charge on any atom is -0.548 e. The Hall–Kier alpha value is 0.760. The van der Waals surface area contributed by atoms with Crippen LogP contribution in [0.25, 0.3) is 0 Å². The molecule has 0 aliphatic carbocycles. The molecule has 0 amide bonds. The first-order valence-electron chi connectivity index (χ1n) is 16.9. The van der Waals surface area contributed by atoms with Crippen LogP contribution in [0.4, 0.5) is 0 Å². The molecule has 2 atom stereocenters. The van der Waals surface area contributed by atoms with Crippen LogP contribution in [0.5, 0.6) is 0 Å². The van der Waals surface area contributed by atoms with Crippen LogP contribution in [0.2, 0.25) is 0 Å². The van der Waals surface area contributed by atoms with Crippen molar-refractivity contribution in [3.05, 3.63) is 0 Å². The van der Waals surface area contributed by atoms with Crippen LogP contribution in [0.3, 0.4) is 0 Å². The smallest absolute Gasteiger partial charge is 0.548 e. The summed E-state index contributed by atoms with van der Waals surface area (Å²) >= 11 is 0. The molecule has 2 N–H and O–H groups in total. The molecular weight excluding hydrogens is 654 g/mol. The van der Waals surface area contributed by atoms with E-state index in [-0.39, 0.29) is 72.0 Å². The molecule has 0 saturated carbocycles. The molecule has 0 fully saturated rings. The molecular formula is C32H62Na2O10S2. The van der Waals surface area contributed by atoms with Crippen molar-refractivity contribution in [3.63, 3.8) is 0 Å². The second-order valence-electron chi connectivity index (χ2n) is 12.6. The largest absolute Gasteiger partial charge is 1.00 e. The van der Waals surface area contributed by atoms with E-state index >= 15 is 0 Å². The van der Waals surface area contributed by atoms with Gasteiger partial charge in [0, 0.05) is 0 Å². The van der Waals surface area contributed by atoms with Crippen molar-refractivity contribution in [3.8, 4) is 0 Å². The second kappa shape index (κ2) is 30.6. The maximum atomic E-state index is 11.1. The summed E-state index contributed by atoms with van der Waals surface area (Å²) in [5, 5.41) is 21.9. The van der Waals surface area contributed by atoms with E-state index < -0.39 is 41.7 Å². The first-order valence-corrected chi connectivity index (χ1v) is 19.8. The number of carboxylic acids is 2. The van der Waals surface area contributed by atoms with E-state index in [4.69, 9.17) is 9.11 Å². The van der Waals surface area contributed by atoms with Gasteiger partial charge in [0.05, 0.1) is 11.9 Å². The summed E-state index contributed by atoms with van der Waals surface area (Å²) in [6, 6.07) is 0. The molecule has 264 valence electrons. The number of aliphatic carboxylic acids is 2. The van der Waals surface area contributed by atoms with E-state index in [0.717, 1.165) is 52.4 Å². The Morgan fingerprint density at radius 3 is 0.783 bits per heavy atom. The SMILES string of the molecule is CCCCCCCCCCCCCC(C)(C(=O)[O-])S(=O)(=O)O.CCCCCCCCCCCCCC(C)(C(=O)[O-])S(=O)(=O)O.[Na+].[Na+]. The molecule has 10 nitrogen and oxygen atoms in total. The van der Waals surface area contributed by atoms with Gasteiger partial charge in [0.2, 0.25) is 0 Å². The maximum Gasteiger partial charge on any atom is 1.00 e. The van der Waals surface area contributed by atoms with Crippen molar-refractivity contribution < 1.29 is 105 Å². The Morgan fingerprint density at radius 1 is 0.457 bits per heavy atom. The van der Waals surface area contributed by atoms with Crippen molar-refractivity contribution in [1.82, 2.24) is 0 Å². The molecule has 0 rings (SSSR count).